The van der Waals surface area contributed by atoms with E-state index in [-0.39, 0.29) is 5.91 Å². The van der Waals surface area contributed by atoms with Crippen LogP contribution in [0.4, 0.5) is 0 Å². The topological polar surface area (TPSA) is 20.3 Å². The number of hydrogen-bond donors (Lipinski definition) is 0. The number of halogens is 2. The third-order valence-corrected chi connectivity index (χ3v) is 3.77. The largest absolute Gasteiger partial charge is 0.336 e. The zero-order valence-corrected chi connectivity index (χ0v) is 11.5. The van der Waals surface area contributed by atoms with Crippen molar-refractivity contribution in [3.63, 3.8) is 0 Å². The van der Waals surface area contributed by atoms with Gasteiger partial charge >= 0.3 is 0 Å². The van der Waals surface area contributed by atoms with E-state index < -0.39 is 0 Å². The summed E-state index contributed by atoms with van der Waals surface area (Å²) < 4.78 is 0. The van der Waals surface area contributed by atoms with Gasteiger partial charge in [-0.2, -0.15) is 0 Å². The minimum atomic E-state index is 0.0333. The molecule has 0 aromatic carbocycles. The molecule has 90 valence electrons. The SMILES string of the molecule is CCc1ccc(C(=O)N(CCCl)CCCl)s1. The van der Waals surface area contributed by atoms with Gasteiger partial charge < -0.3 is 4.90 Å². The van der Waals surface area contributed by atoms with Crippen LogP contribution in [0.1, 0.15) is 21.5 Å². The van der Waals surface area contributed by atoms with Gasteiger partial charge in [0.15, 0.2) is 0 Å². The molecule has 5 heteroatoms. The molecule has 0 unspecified atom stereocenters. The predicted molar refractivity (Wildman–Crippen MR) is 71.0 cm³/mol. The van der Waals surface area contributed by atoms with Gasteiger partial charge in [0.1, 0.15) is 0 Å². The van der Waals surface area contributed by atoms with E-state index in [0.717, 1.165) is 11.3 Å². The maximum Gasteiger partial charge on any atom is 0.264 e. The van der Waals surface area contributed by atoms with Crippen molar-refractivity contribution >= 4 is 40.4 Å². The Labute approximate surface area is 110 Å². The summed E-state index contributed by atoms with van der Waals surface area (Å²) >= 11 is 12.9. The molecule has 0 spiro atoms. The van der Waals surface area contributed by atoms with Gasteiger partial charge in [-0.3, -0.25) is 4.79 Å². The predicted octanol–water partition coefficient (Wildman–Crippen LogP) is 3.23. The van der Waals surface area contributed by atoms with E-state index in [2.05, 4.69) is 6.92 Å². The first-order valence-corrected chi connectivity index (χ1v) is 7.11. The minimum absolute atomic E-state index is 0.0333. The van der Waals surface area contributed by atoms with Crippen LogP contribution in [0.5, 0.6) is 0 Å². The smallest absolute Gasteiger partial charge is 0.264 e. The first-order chi connectivity index (χ1) is 7.72. The fourth-order valence-electron chi connectivity index (χ4n) is 1.36. The van der Waals surface area contributed by atoms with Gasteiger partial charge in [0.05, 0.1) is 4.88 Å². The van der Waals surface area contributed by atoms with E-state index in [1.165, 1.54) is 4.88 Å². The molecule has 1 rings (SSSR count). The summed E-state index contributed by atoms with van der Waals surface area (Å²) in [5.74, 6) is 0.912. The van der Waals surface area contributed by atoms with Crippen molar-refractivity contribution in [2.75, 3.05) is 24.8 Å². The molecule has 1 aromatic heterocycles. The Morgan fingerprint density at radius 3 is 2.38 bits per heavy atom. The molecule has 0 N–H and O–H groups in total. The maximum atomic E-state index is 12.1. The van der Waals surface area contributed by atoms with Gasteiger partial charge in [-0.15, -0.1) is 34.5 Å². The fourth-order valence-corrected chi connectivity index (χ4v) is 2.68. The van der Waals surface area contributed by atoms with Crippen LogP contribution in [0, 0.1) is 0 Å². The van der Waals surface area contributed by atoms with E-state index in [9.17, 15) is 4.79 Å². The summed E-state index contributed by atoms with van der Waals surface area (Å²) in [6, 6.07) is 3.87. The second kappa shape index (κ2) is 7.15. The molecule has 0 saturated heterocycles. The van der Waals surface area contributed by atoms with E-state index in [4.69, 9.17) is 23.2 Å². The van der Waals surface area contributed by atoms with Crippen LogP contribution < -0.4 is 0 Å². The van der Waals surface area contributed by atoms with Crippen molar-refractivity contribution in [3.8, 4) is 0 Å². The van der Waals surface area contributed by atoms with Gasteiger partial charge in [-0.25, -0.2) is 0 Å². The molecule has 0 saturated carbocycles. The molecule has 1 amide bonds. The summed E-state index contributed by atoms with van der Waals surface area (Å²) in [7, 11) is 0. The van der Waals surface area contributed by atoms with Crippen molar-refractivity contribution in [3.05, 3.63) is 21.9 Å². The number of aryl methyl sites for hydroxylation is 1. The minimum Gasteiger partial charge on any atom is -0.336 e. The monoisotopic (exact) mass is 279 g/mol. The Balaban J connectivity index is 2.72. The number of amides is 1. The van der Waals surface area contributed by atoms with Crippen LogP contribution in [-0.2, 0) is 6.42 Å². The summed E-state index contributed by atoms with van der Waals surface area (Å²) in [6.07, 6.45) is 0.961. The van der Waals surface area contributed by atoms with Crippen LogP contribution in [0.25, 0.3) is 0 Å². The second-order valence-corrected chi connectivity index (χ2v) is 5.21. The van der Waals surface area contributed by atoms with Crippen molar-refractivity contribution in [2.24, 2.45) is 0 Å². The number of hydrogen-bond acceptors (Lipinski definition) is 2. The van der Waals surface area contributed by atoms with Crippen molar-refractivity contribution in [1.82, 2.24) is 4.90 Å². The normalized spacial score (nSPS) is 10.4. The number of carbonyl (C=O) groups excluding carboxylic acids is 1. The molecule has 0 aliphatic carbocycles. The molecular weight excluding hydrogens is 265 g/mol. The van der Waals surface area contributed by atoms with Crippen LogP contribution in [-0.4, -0.2) is 35.7 Å². The third kappa shape index (κ3) is 3.65. The number of rotatable bonds is 6. The van der Waals surface area contributed by atoms with Crippen molar-refractivity contribution < 1.29 is 4.79 Å². The average molecular weight is 280 g/mol. The molecule has 1 aromatic rings. The molecule has 0 aliphatic heterocycles. The Kier molecular flexibility index (Phi) is 6.17. The highest BCUT2D eigenvalue weighted by Crippen LogP contribution is 2.18. The molecule has 0 bridgehead atoms. The lowest BCUT2D eigenvalue weighted by molar-refractivity contribution is 0.0780. The summed E-state index contributed by atoms with van der Waals surface area (Å²) in [5, 5.41) is 0. The molecule has 1 heterocycles. The quantitative estimate of drug-likeness (QED) is 0.733. The molecular formula is C11H15Cl2NOS. The molecule has 0 fully saturated rings. The Morgan fingerprint density at radius 2 is 1.94 bits per heavy atom. The highest BCUT2D eigenvalue weighted by atomic mass is 35.5. The first-order valence-electron chi connectivity index (χ1n) is 5.22. The standard InChI is InChI=1S/C11H15Cl2NOS/c1-2-9-3-4-10(16-9)11(15)14(7-5-12)8-6-13/h3-4H,2,5-8H2,1H3. The Hall–Kier alpha value is -0.250. The number of thiophene rings is 1. The van der Waals surface area contributed by atoms with Gasteiger partial charge in [0, 0.05) is 29.7 Å². The zero-order chi connectivity index (χ0) is 12.0. The number of alkyl halides is 2. The Bertz CT molecular complexity index is 334. The summed E-state index contributed by atoms with van der Waals surface area (Å²) in [6.45, 7) is 3.17. The van der Waals surface area contributed by atoms with Crippen molar-refractivity contribution in [2.45, 2.75) is 13.3 Å². The van der Waals surface area contributed by atoms with Gasteiger partial charge in [0.25, 0.3) is 5.91 Å². The van der Waals surface area contributed by atoms with Gasteiger partial charge in [-0.1, -0.05) is 6.92 Å². The van der Waals surface area contributed by atoms with Gasteiger partial charge in [0.2, 0.25) is 0 Å². The lowest BCUT2D eigenvalue weighted by atomic mass is 10.3. The average Bonchev–Trinajstić information content (AvgIpc) is 2.76. The fraction of sp³-hybridized carbons (Fsp3) is 0.545. The third-order valence-electron chi connectivity index (χ3n) is 2.22. The highest BCUT2D eigenvalue weighted by molar-refractivity contribution is 7.14. The summed E-state index contributed by atoms with van der Waals surface area (Å²) in [4.78, 5) is 15.8. The molecule has 16 heavy (non-hydrogen) atoms. The van der Waals surface area contributed by atoms with Crippen LogP contribution in [0.2, 0.25) is 0 Å². The van der Waals surface area contributed by atoms with E-state index in [1.807, 2.05) is 12.1 Å². The molecule has 0 aliphatic rings. The molecule has 0 radical (unpaired) electrons. The maximum absolute atomic E-state index is 12.1. The second-order valence-electron chi connectivity index (χ2n) is 3.29. The van der Waals surface area contributed by atoms with Crippen LogP contribution >= 0.6 is 34.5 Å². The highest BCUT2D eigenvalue weighted by Gasteiger charge is 2.16. The number of nitrogens with zero attached hydrogens (tertiary/aromatic N) is 1. The van der Waals surface area contributed by atoms with E-state index >= 15 is 0 Å². The first kappa shape index (κ1) is 13.8. The summed E-state index contributed by atoms with van der Waals surface area (Å²) in [5.41, 5.74) is 0. The molecule has 0 atom stereocenters. The van der Waals surface area contributed by atoms with Crippen molar-refractivity contribution in [1.29, 1.82) is 0 Å². The lowest BCUT2D eigenvalue weighted by Gasteiger charge is -2.19. The van der Waals surface area contributed by atoms with E-state index in [0.29, 0.717) is 24.8 Å². The molecule has 2 nitrogen and oxygen atoms in total. The number of carbonyl (C=O) groups is 1. The van der Waals surface area contributed by atoms with Gasteiger partial charge in [-0.05, 0) is 18.6 Å². The van der Waals surface area contributed by atoms with Crippen LogP contribution in [0.15, 0.2) is 12.1 Å². The van der Waals surface area contributed by atoms with E-state index in [1.54, 1.807) is 16.2 Å². The van der Waals surface area contributed by atoms with Crippen LogP contribution in [0.3, 0.4) is 0 Å². The zero-order valence-electron chi connectivity index (χ0n) is 9.21. The lowest BCUT2D eigenvalue weighted by Crippen LogP contribution is -2.33. The Morgan fingerprint density at radius 1 is 1.31 bits per heavy atom.